The van der Waals surface area contributed by atoms with Gasteiger partial charge in [0.1, 0.15) is 5.75 Å². The quantitative estimate of drug-likeness (QED) is 0.722. The molecular weight excluding hydrogens is 326 g/mol. The van der Waals surface area contributed by atoms with Crippen molar-refractivity contribution in [3.63, 3.8) is 0 Å². The maximum atomic E-state index is 12.2. The van der Waals surface area contributed by atoms with E-state index in [-0.39, 0.29) is 11.9 Å². The van der Waals surface area contributed by atoms with Gasteiger partial charge in [-0.25, -0.2) is 5.01 Å². The van der Waals surface area contributed by atoms with Crippen LogP contribution in [-0.4, -0.2) is 28.7 Å². The molecule has 26 heavy (non-hydrogen) atoms. The second-order valence-corrected chi connectivity index (χ2v) is 6.31. The van der Waals surface area contributed by atoms with Gasteiger partial charge in [-0.2, -0.15) is 5.10 Å². The molecule has 130 valence electrons. The van der Waals surface area contributed by atoms with Crippen molar-refractivity contribution in [1.82, 2.24) is 9.99 Å². The Morgan fingerprint density at radius 2 is 1.96 bits per heavy atom. The summed E-state index contributed by atoms with van der Waals surface area (Å²) in [5.74, 6) is 0.735. The van der Waals surface area contributed by atoms with E-state index >= 15 is 0 Å². The lowest BCUT2D eigenvalue weighted by Crippen LogP contribution is -2.24. The average Bonchev–Trinajstić information content (AvgIpc) is 3.13. The number of amides is 1. The van der Waals surface area contributed by atoms with Gasteiger partial charge < -0.3 is 4.74 Å². The number of hydrogen-bond donors (Lipinski definition) is 0. The van der Waals surface area contributed by atoms with E-state index in [2.05, 4.69) is 16.2 Å². The molecule has 1 aromatic heterocycles. The molecule has 4 rings (SSSR count). The number of aromatic nitrogens is 1. The molecule has 3 aromatic rings. The number of pyridine rings is 1. The van der Waals surface area contributed by atoms with Crippen molar-refractivity contribution in [3.05, 3.63) is 71.9 Å². The molecule has 0 unspecified atom stereocenters. The molecule has 0 saturated carbocycles. The summed E-state index contributed by atoms with van der Waals surface area (Å²) in [4.78, 5) is 16.5. The molecule has 1 atom stereocenters. The first-order chi connectivity index (χ1) is 12.7. The minimum Gasteiger partial charge on any atom is -0.497 e. The molecule has 2 aromatic carbocycles. The van der Waals surface area contributed by atoms with Crippen LogP contribution >= 0.6 is 0 Å². The Bertz CT molecular complexity index is 996. The number of ether oxygens (including phenoxy) is 1. The van der Waals surface area contributed by atoms with Gasteiger partial charge in [0.2, 0.25) is 5.91 Å². The Morgan fingerprint density at radius 1 is 1.15 bits per heavy atom. The van der Waals surface area contributed by atoms with Gasteiger partial charge in [0.15, 0.2) is 0 Å². The number of carbonyl (C=O) groups excluding carboxylic acids is 1. The minimum absolute atomic E-state index is 0.0650. The summed E-state index contributed by atoms with van der Waals surface area (Å²) < 4.78 is 5.21. The van der Waals surface area contributed by atoms with E-state index in [1.54, 1.807) is 25.2 Å². The van der Waals surface area contributed by atoms with Crippen LogP contribution in [0.3, 0.4) is 0 Å². The minimum atomic E-state index is -0.103. The highest BCUT2D eigenvalue weighted by Gasteiger charge is 2.31. The van der Waals surface area contributed by atoms with Crippen molar-refractivity contribution >= 4 is 22.5 Å². The van der Waals surface area contributed by atoms with Crippen molar-refractivity contribution in [2.24, 2.45) is 5.10 Å². The molecule has 0 aliphatic carbocycles. The zero-order valence-corrected chi connectivity index (χ0v) is 14.7. The lowest BCUT2D eigenvalue weighted by atomic mass is 9.97. The van der Waals surface area contributed by atoms with E-state index in [4.69, 9.17) is 4.74 Å². The topological polar surface area (TPSA) is 54.8 Å². The van der Waals surface area contributed by atoms with Gasteiger partial charge in [0.25, 0.3) is 0 Å². The summed E-state index contributed by atoms with van der Waals surface area (Å²) in [6.45, 7) is 1.55. The maximum Gasteiger partial charge on any atom is 0.240 e. The Kier molecular flexibility index (Phi) is 4.13. The van der Waals surface area contributed by atoms with Crippen molar-refractivity contribution in [2.45, 2.75) is 19.4 Å². The molecule has 1 aliphatic heterocycles. The molecular formula is C21H19N3O2. The number of fused-ring (bicyclic) bond motifs is 1. The summed E-state index contributed by atoms with van der Waals surface area (Å²) in [5.41, 5.74) is 3.91. The summed E-state index contributed by atoms with van der Waals surface area (Å²) >= 11 is 0. The van der Waals surface area contributed by atoms with E-state index in [1.807, 2.05) is 48.5 Å². The molecule has 1 amide bonds. The second-order valence-electron chi connectivity index (χ2n) is 6.31. The third kappa shape index (κ3) is 2.92. The summed E-state index contributed by atoms with van der Waals surface area (Å²) in [7, 11) is 1.64. The van der Waals surface area contributed by atoms with Crippen molar-refractivity contribution < 1.29 is 9.53 Å². The van der Waals surface area contributed by atoms with Crippen LogP contribution in [0.2, 0.25) is 0 Å². The molecule has 1 aliphatic rings. The van der Waals surface area contributed by atoms with E-state index in [1.165, 1.54) is 0 Å². The van der Waals surface area contributed by atoms with Crippen molar-refractivity contribution in [3.8, 4) is 5.75 Å². The van der Waals surface area contributed by atoms with Crippen LogP contribution in [0.4, 0.5) is 0 Å². The normalized spacial score (nSPS) is 16.6. The Labute approximate surface area is 151 Å². The Morgan fingerprint density at radius 3 is 2.69 bits per heavy atom. The molecule has 2 heterocycles. The van der Waals surface area contributed by atoms with Crippen LogP contribution in [0.15, 0.2) is 65.9 Å². The van der Waals surface area contributed by atoms with Crippen LogP contribution in [0, 0.1) is 0 Å². The molecule has 0 bridgehead atoms. The predicted molar refractivity (Wildman–Crippen MR) is 101 cm³/mol. The maximum absolute atomic E-state index is 12.2. The summed E-state index contributed by atoms with van der Waals surface area (Å²) in [6, 6.07) is 17.7. The number of methoxy groups -OCH3 is 1. The molecule has 0 fully saturated rings. The van der Waals surface area contributed by atoms with Crippen LogP contribution in [0.25, 0.3) is 10.9 Å². The number of benzene rings is 2. The summed E-state index contributed by atoms with van der Waals surface area (Å²) in [5, 5.41) is 7.24. The zero-order chi connectivity index (χ0) is 18.1. The van der Waals surface area contributed by atoms with Crippen molar-refractivity contribution in [2.75, 3.05) is 7.11 Å². The number of rotatable bonds is 3. The largest absolute Gasteiger partial charge is 0.497 e. The van der Waals surface area contributed by atoms with Crippen LogP contribution < -0.4 is 4.74 Å². The number of nitrogens with zero attached hydrogens (tertiary/aromatic N) is 3. The first-order valence-corrected chi connectivity index (χ1v) is 8.52. The highest BCUT2D eigenvalue weighted by Crippen LogP contribution is 2.34. The zero-order valence-electron chi connectivity index (χ0n) is 14.7. The second kappa shape index (κ2) is 6.59. The standard InChI is InChI=1S/C21H19N3O2/c1-14(25)24-21(17-7-10-19-16(12-17)4-3-11-22-19)13-20(23-24)15-5-8-18(26-2)9-6-15/h3-12,21H,13H2,1-2H3/t21-/m1/s1. The highest BCUT2D eigenvalue weighted by molar-refractivity contribution is 6.03. The Balaban J connectivity index is 1.68. The molecule has 0 radical (unpaired) electrons. The highest BCUT2D eigenvalue weighted by atomic mass is 16.5. The lowest BCUT2D eigenvalue weighted by molar-refractivity contribution is -0.130. The number of hydrazone groups is 1. The molecule has 5 nitrogen and oxygen atoms in total. The van der Waals surface area contributed by atoms with Gasteiger partial charge in [-0.05, 0) is 53.6 Å². The van der Waals surface area contributed by atoms with Crippen LogP contribution in [0.5, 0.6) is 5.75 Å². The first-order valence-electron chi connectivity index (χ1n) is 8.52. The van der Waals surface area contributed by atoms with E-state index in [0.29, 0.717) is 6.42 Å². The van der Waals surface area contributed by atoms with Crippen LogP contribution in [-0.2, 0) is 4.79 Å². The lowest BCUT2D eigenvalue weighted by Gasteiger charge is -2.20. The number of hydrogen-bond acceptors (Lipinski definition) is 4. The van der Waals surface area contributed by atoms with E-state index in [9.17, 15) is 4.79 Å². The van der Waals surface area contributed by atoms with Crippen molar-refractivity contribution in [1.29, 1.82) is 0 Å². The van der Waals surface area contributed by atoms with Gasteiger partial charge in [-0.3, -0.25) is 9.78 Å². The third-order valence-electron chi connectivity index (χ3n) is 4.67. The van der Waals surface area contributed by atoms with Gasteiger partial charge >= 0.3 is 0 Å². The van der Waals surface area contributed by atoms with Gasteiger partial charge in [0, 0.05) is 24.9 Å². The first kappa shape index (κ1) is 16.3. The molecule has 0 saturated heterocycles. The third-order valence-corrected chi connectivity index (χ3v) is 4.67. The SMILES string of the molecule is COc1ccc(C2=NN(C(C)=O)[C@@H](c3ccc4ncccc4c3)C2)cc1. The van der Waals surface area contributed by atoms with E-state index < -0.39 is 0 Å². The Hall–Kier alpha value is -3.21. The van der Waals surface area contributed by atoms with E-state index in [0.717, 1.165) is 33.5 Å². The molecule has 0 spiro atoms. The fourth-order valence-electron chi connectivity index (χ4n) is 3.32. The fourth-order valence-corrected chi connectivity index (χ4v) is 3.32. The van der Waals surface area contributed by atoms with Gasteiger partial charge in [-0.1, -0.05) is 12.1 Å². The molecule has 0 N–H and O–H groups in total. The van der Waals surface area contributed by atoms with Crippen LogP contribution in [0.1, 0.15) is 30.5 Å². The van der Waals surface area contributed by atoms with Gasteiger partial charge in [-0.15, -0.1) is 0 Å². The summed E-state index contributed by atoms with van der Waals surface area (Å²) in [6.07, 6.45) is 2.46. The average molecular weight is 345 g/mol. The predicted octanol–water partition coefficient (Wildman–Crippen LogP) is 3.94. The number of carbonyl (C=O) groups is 1. The monoisotopic (exact) mass is 345 g/mol. The molecule has 5 heteroatoms. The van der Waals surface area contributed by atoms with Gasteiger partial charge in [0.05, 0.1) is 24.4 Å². The fraction of sp³-hybridized carbons (Fsp3) is 0.190. The smallest absolute Gasteiger partial charge is 0.240 e.